The fourth-order valence-electron chi connectivity index (χ4n) is 2.26. The number of hydrogen-bond acceptors (Lipinski definition) is 6. The van der Waals surface area contributed by atoms with E-state index in [2.05, 4.69) is 10.5 Å². The number of benzene rings is 1. The fraction of sp³-hybridized carbons (Fsp3) is 0.375. The topological polar surface area (TPSA) is 73.6 Å². The van der Waals surface area contributed by atoms with Crippen LogP contribution in [0.4, 0.5) is 0 Å². The Kier molecular flexibility index (Phi) is 4.76. The second-order valence-corrected chi connectivity index (χ2v) is 6.25. The molecule has 0 bridgehead atoms. The van der Waals surface area contributed by atoms with Crippen LogP contribution in [-0.4, -0.2) is 23.6 Å². The summed E-state index contributed by atoms with van der Waals surface area (Å²) < 4.78 is 15.7. The van der Waals surface area contributed by atoms with E-state index >= 15 is 0 Å². The van der Waals surface area contributed by atoms with Crippen molar-refractivity contribution in [1.82, 2.24) is 10.5 Å². The molecule has 2 aromatic rings. The number of nitrogens with one attached hydrogen (secondary N) is 1. The number of nitrogens with zero attached hydrogens (tertiary/aromatic N) is 1. The number of ether oxygens (including phenoxy) is 2. The summed E-state index contributed by atoms with van der Waals surface area (Å²) in [5.74, 6) is 3.41. The average molecular weight is 334 g/mol. The molecule has 1 aromatic heterocycles. The Balaban J connectivity index is 1.43. The number of hydrogen-bond donors (Lipinski definition) is 1. The number of carbonyl (C=O) groups excluding carboxylic acids is 1. The molecule has 1 aliphatic rings. The summed E-state index contributed by atoms with van der Waals surface area (Å²) in [6, 6.07) is 5.67. The number of fused-ring (bicyclic) bond motifs is 1. The van der Waals surface area contributed by atoms with Gasteiger partial charge in [0, 0.05) is 17.9 Å². The van der Waals surface area contributed by atoms with E-state index in [0.717, 1.165) is 39.8 Å². The third-order valence-corrected chi connectivity index (χ3v) is 4.55. The molecule has 0 unspecified atom stereocenters. The first-order chi connectivity index (χ1) is 11.1. The number of aromatic nitrogens is 1. The van der Waals surface area contributed by atoms with Crippen LogP contribution in [0, 0.1) is 13.8 Å². The third-order valence-electron chi connectivity index (χ3n) is 3.59. The van der Waals surface area contributed by atoms with E-state index in [4.69, 9.17) is 14.0 Å². The standard InChI is InChI=1S/C16H18N2O4S/c1-10-13(11(2)22-18-10)7-23-8-16(19)17-6-12-3-4-14-15(5-12)21-9-20-14/h3-5H,6-9H2,1-2H3,(H,17,19). The van der Waals surface area contributed by atoms with E-state index in [0.29, 0.717) is 12.3 Å². The van der Waals surface area contributed by atoms with Crippen LogP contribution in [0.3, 0.4) is 0 Å². The fourth-order valence-corrected chi connectivity index (χ4v) is 3.26. The molecule has 1 amide bonds. The summed E-state index contributed by atoms with van der Waals surface area (Å²) in [5, 5.41) is 6.81. The van der Waals surface area contributed by atoms with Crippen molar-refractivity contribution < 1.29 is 18.8 Å². The van der Waals surface area contributed by atoms with Gasteiger partial charge in [0.15, 0.2) is 11.5 Å². The second-order valence-electron chi connectivity index (χ2n) is 5.26. The Bertz CT molecular complexity index is 695. The van der Waals surface area contributed by atoms with Crippen molar-refractivity contribution in [1.29, 1.82) is 0 Å². The van der Waals surface area contributed by atoms with Crippen LogP contribution in [0.25, 0.3) is 0 Å². The lowest BCUT2D eigenvalue weighted by atomic mass is 10.2. The van der Waals surface area contributed by atoms with Crippen molar-refractivity contribution in [2.75, 3.05) is 12.5 Å². The lowest BCUT2D eigenvalue weighted by Crippen LogP contribution is -2.24. The molecule has 6 nitrogen and oxygen atoms in total. The normalized spacial score (nSPS) is 12.4. The van der Waals surface area contributed by atoms with Crippen molar-refractivity contribution in [2.45, 2.75) is 26.1 Å². The molecule has 0 saturated carbocycles. The van der Waals surface area contributed by atoms with Crippen molar-refractivity contribution in [3.63, 3.8) is 0 Å². The molecule has 0 saturated heterocycles. The van der Waals surface area contributed by atoms with E-state index < -0.39 is 0 Å². The van der Waals surface area contributed by atoms with Gasteiger partial charge in [0.05, 0.1) is 11.4 Å². The molecular formula is C16H18N2O4S. The Morgan fingerprint density at radius 3 is 2.91 bits per heavy atom. The lowest BCUT2D eigenvalue weighted by Gasteiger charge is -2.06. The van der Waals surface area contributed by atoms with Gasteiger partial charge < -0.3 is 19.3 Å². The van der Waals surface area contributed by atoms with Gasteiger partial charge in [-0.1, -0.05) is 11.2 Å². The van der Waals surface area contributed by atoms with Gasteiger partial charge in [0.2, 0.25) is 12.7 Å². The molecule has 1 aromatic carbocycles. The number of aryl methyl sites for hydroxylation is 2. The highest BCUT2D eigenvalue weighted by Gasteiger charge is 2.14. The van der Waals surface area contributed by atoms with E-state index in [1.54, 1.807) is 11.8 Å². The van der Waals surface area contributed by atoms with Crippen LogP contribution in [0.1, 0.15) is 22.6 Å². The first-order valence-electron chi connectivity index (χ1n) is 7.28. The van der Waals surface area contributed by atoms with E-state index in [1.165, 1.54) is 0 Å². The number of amides is 1. The molecule has 0 fully saturated rings. The van der Waals surface area contributed by atoms with Gasteiger partial charge in [-0.25, -0.2) is 0 Å². The summed E-state index contributed by atoms with van der Waals surface area (Å²) in [6.45, 7) is 4.52. The third kappa shape index (κ3) is 3.79. The molecule has 7 heteroatoms. The van der Waals surface area contributed by atoms with Crippen LogP contribution in [0.2, 0.25) is 0 Å². The predicted molar refractivity (Wildman–Crippen MR) is 86.6 cm³/mol. The maximum atomic E-state index is 11.9. The van der Waals surface area contributed by atoms with Crippen molar-refractivity contribution >= 4 is 17.7 Å². The molecule has 1 aliphatic heterocycles. The lowest BCUT2D eigenvalue weighted by molar-refractivity contribution is -0.118. The average Bonchev–Trinajstić information content (AvgIpc) is 3.13. The maximum absolute atomic E-state index is 11.9. The molecule has 0 spiro atoms. The second kappa shape index (κ2) is 6.95. The van der Waals surface area contributed by atoms with Gasteiger partial charge in [-0.05, 0) is 31.5 Å². The van der Waals surface area contributed by atoms with E-state index in [1.807, 2.05) is 32.0 Å². The molecule has 0 atom stereocenters. The zero-order chi connectivity index (χ0) is 16.2. The highest BCUT2D eigenvalue weighted by molar-refractivity contribution is 7.99. The predicted octanol–water partition coefficient (Wildman–Crippen LogP) is 2.57. The highest BCUT2D eigenvalue weighted by Crippen LogP contribution is 2.32. The Labute approximate surface area is 138 Å². The van der Waals surface area contributed by atoms with Crippen molar-refractivity contribution in [2.24, 2.45) is 0 Å². The van der Waals surface area contributed by atoms with Crippen LogP contribution in [0.15, 0.2) is 22.7 Å². The van der Waals surface area contributed by atoms with Gasteiger partial charge in [-0.2, -0.15) is 0 Å². The molecule has 0 aliphatic carbocycles. The molecule has 122 valence electrons. The highest BCUT2D eigenvalue weighted by atomic mass is 32.2. The van der Waals surface area contributed by atoms with Gasteiger partial charge in [-0.3, -0.25) is 4.79 Å². The molecular weight excluding hydrogens is 316 g/mol. The molecule has 23 heavy (non-hydrogen) atoms. The quantitative estimate of drug-likeness (QED) is 0.875. The van der Waals surface area contributed by atoms with Gasteiger partial charge in [0.25, 0.3) is 0 Å². The van der Waals surface area contributed by atoms with Gasteiger partial charge in [-0.15, -0.1) is 11.8 Å². The van der Waals surface area contributed by atoms with Gasteiger partial charge in [0.1, 0.15) is 5.76 Å². The smallest absolute Gasteiger partial charge is 0.231 e. The SMILES string of the molecule is Cc1noc(C)c1CSCC(=O)NCc1ccc2c(c1)OCO2. The molecule has 0 radical (unpaired) electrons. The first kappa shape index (κ1) is 15.7. The van der Waals surface area contributed by atoms with E-state index in [9.17, 15) is 4.79 Å². The molecule has 2 heterocycles. The van der Waals surface area contributed by atoms with Gasteiger partial charge >= 0.3 is 0 Å². The summed E-state index contributed by atoms with van der Waals surface area (Å²) >= 11 is 1.55. The minimum absolute atomic E-state index is 0.000531. The summed E-state index contributed by atoms with van der Waals surface area (Å²) in [4.78, 5) is 11.9. The van der Waals surface area contributed by atoms with Crippen LogP contribution in [0.5, 0.6) is 11.5 Å². The number of rotatable bonds is 6. The summed E-state index contributed by atoms with van der Waals surface area (Å²) in [5.41, 5.74) is 2.94. The van der Waals surface area contributed by atoms with Crippen LogP contribution >= 0.6 is 11.8 Å². The summed E-state index contributed by atoms with van der Waals surface area (Å²) in [6.07, 6.45) is 0. The molecule has 3 rings (SSSR count). The Morgan fingerprint density at radius 2 is 2.13 bits per heavy atom. The van der Waals surface area contributed by atoms with Crippen molar-refractivity contribution in [3.05, 3.63) is 40.8 Å². The monoisotopic (exact) mass is 334 g/mol. The zero-order valence-corrected chi connectivity index (χ0v) is 13.9. The van der Waals surface area contributed by atoms with Crippen LogP contribution < -0.4 is 14.8 Å². The molecule has 1 N–H and O–H groups in total. The maximum Gasteiger partial charge on any atom is 0.231 e. The first-order valence-corrected chi connectivity index (χ1v) is 8.43. The van der Waals surface area contributed by atoms with Crippen molar-refractivity contribution in [3.8, 4) is 11.5 Å². The van der Waals surface area contributed by atoms with Crippen LogP contribution in [-0.2, 0) is 17.1 Å². The Hall–Kier alpha value is -2.15. The minimum Gasteiger partial charge on any atom is -0.454 e. The summed E-state index contributed by atoms with van der Waals surface area (Å²) in [7, 11) is 0. The minimum atomic E-state index is -0.000531. The van der Waals surface area contributed by atoms with E-state index in [-0.39, 0.29) is 12.7 Å². The number of carbonyl (C=O) groups is 1. The zero-order valence-electron chi connectivity index (χ0n) is 13.0. The Morgan fingerprint density at radius 1 is 1.30 bits per heavy atom. The number of thioether (sulfide) groups is 1. The largest absolute Gasteiger partial charge is 0.454 e.